The molecule has 0 aromatic carbocycles. The van der Waals surface area contributed by atoms with Crippen molar-refractivity contribution >= 4 is 23.2 Å². The molecule has 0 atom stereocenters. The van der Waals surface area contributed by atoms with Crippen LogP contribution in [0.25, 0.3) is 0 Å². The van der Waals surface area contributed by atoms with Crippen LogP contribution in [-0.2, 0) is 6.18 Å². The highest BCUT2D eigenvalue weighted by Gasteiger charge is 2.33. The molecule has 2 heterocycles. The second-order valence-corrected chi connectivity index (χ2v) is 3.58. The number of halogens is 4. The first-order chi connectivity index (χ1) is 8.45. The van der Waals surface area contributed by atoms with Gasteiger partial charge >= 0.3 is 6.18 Å². The van der Waals surface area contributed by atoms with Gasteiger partial charge in [-0.3, -0.25) is 0 Å². The van der Waals surface area contributed by atoms with Gasteiger partial charge in [-0.1, -0.05) is 6.07 Å². The molecule has 0 amide bonds. The highest BCUT2D eigenvalue weighted by atomic mass is 35.5. The van der Waals surface area contributed by atoms with Crippen molar-refractivity contribution in [3.05, 3.63) is 41.4 Å². The summed E-state index contributed by atoms with van der Waals surface area (Å²) in [6.07, 6.45) is -3.08. The molecule has 18 heavy (non-hydrogen) atoms. The fourth-order valence-electron chi connectivity index (χ4n) is 1.20. The molecule has 0 fully saturated rings. The van der Waals surface area contributed by atoms with Crippen LogP contribution in [0.2, 0.25) is 5.28 Å². The molecule has 0 bridgehead atoms. The number of pyridine rings is 1. The van der Waals surface area contributed by atoms with E-state index < -0.39 is 17.2 Å². The molecule has 2 aromatic heterocycles. The van der Waals surface area contributed by atoms with Crippen LogP contribution < -0.4 is 5.32 Å². The van der Waals surface area contributed by atoms with E-state index in [2.05, 4.69) is 20.3 Å². The molecule has 1 N–H and O–H groups in total. The lowest BCUT2D eigenvalue weighted by atomic mass is 10.3. The minimum Gasteiger partial charge on any atom is -0.325 e. The zero-order chi connectivity index (χ0) is 13.2. The molecule has 0 saturated heterocycles. The first-order valence-electron chi connectivity index (χ1n) is 4.75. The highest BCUT2D eigenvalue weighted by Crippen LogP contribution is 2.30. The number of nitrogens with one attached hydrogen (secondary N) is 1. The van der Waals surface area contributed by atoms with E-state index in [1.807, 2.05) is 0 Å². The van der Waals surface area contributed by atoms with Gasteiger partial charge in [0.05, 0.1) is 0 Å². The van der Waals surface area contributed by atoms with Crippen LogP contribution in [0.15, 0.2) is 30.5 Å². The van der Waals surface area contributed by atoms with Crippen LogP contribution in [-0.4, -0.2) is 15.0 Å². The number of aromatic nitrogens is 3. The Hall–Kier alpha value is -1.89. The van der Waals surface area contributed by atoms with E-state index in [1.54, 1.807) is 18.2 Å². The quantitative estimate of drug-likeness (QED) is 0.854. The van der Waals surface area contributed by atoms with Gasteiger partial charge in [-0.15, -0.1) is 0 Å². The second kappa shape index (κ2) is 4.77. The number of rotatable bonds is 2. The van der Waals surface area contributed by atoms with Crippen LogP contribution in [0.1, 0.15) is 5.69 Å². The average Bonchev–Trinajstić information content (AvgIpc) is 2.28. The van der Waals surface area contributed by atoms with Gasteiger partial charge in [-0.05, 0) is 23.7 Å². The van der Waals surface area contributed by atoms with Crippen LogP contribution in [0, 0.1) is 0 Å². The highest BCUT2D eigenvalue weighted by molar-refractivity contribution is 6.28. The molecule has 0 spiro atoms. The molecule has 0 saturated carbocycles. The Labute approximate surface area is 105 Å². The molecular formula is C10H6ClF3N4. The summed E-state index contributed by atoms with van der Waals surface area (Å²) in [5, 5.41) is 2.13. The van der Waals surface area contributed by atoms with Gasteiger partial charge in [0.15, 0.2) is 5.69 Å². The van der Waals surface area contributed by atoms with E-state index in [-0.39, 0.29) is 5.82 Å². The predicted molar refractivity (Wildman–Crippen MR) is 59.6 cm³/mol. The lowest BCUT2D eigenvalue weighted by molar-refractivity contribution is -0.141. The van der Waals surface area contributed by atoms with Crippen molar-refractivity contribution in [3.8, 4) is 0 Å². The zero-order valence-electron chi connectivity index (χ0n) is 8.74. The first kappa shape index (κ1) is 12.6. The molecule has 4 nitrogen and oxygen atoms in total. The standard InChI is InChI=1S/C10H6ClF3N4/c11-9-16-6(10(12,13)14)5-8(18-9)17-7-3-1-2-4-15-7/h1-5H,(H,15,16,17,18). The molecule has 0 radical (unpaired) electrons. The maximum atomic E-state index is 12.5. The summed E-state index contributed by atoms with van der Waals surface area (Å²) in [6, 6.07) is 5.71. The molecule has 0 unspecified atom stereocenters. The van der Waals surface area contributed by atoms with Crippen molar-refractivity contribution in [1.29, 1.82) is 0 Å². The van der Waals surface area contributed by atoms with Gasteiger partial charge in [-0.25, -0.2) is 15.0 Å². The van der Waals surface area contributed by atoms with Gasteiger partial charge < -0.3 is 5.32 Å². The molecule has 94 valence electrons. The largest absolute Gasteiger partial charge is 0.433 e. The summed E-state index contributed by atoms with van der Waals surface area (Å²) in [7, 11) is 0. The topological polar surface area (TPSA) is 50.7 Å². The van der Waals surface area contributed by atoms with Crippen molar-refractivity contribution < 1.29 is 13.2 Å². The van der Waals surface area contributed by atoms with Crippen molar-refractivity contribution in [2.75, 3.05) is 5.32 Å². The SMILES string of the molecule is FC(F)(F)c1cc(Nc2ccccn2)nc(Cl)n1. The van der Waals surface area contributed by atoms with Gasteiger partial charge in [0.25, 0.3) is 0 Å². The van der Waals surface area contributed by atoms with Gasteiger partial charge in [0.1, 0.15) is 11.6 Å². The normalized spacial score (nSPS) is 11.3. The third-order valence-corrected chi connectivity index (χ3v) is 2.08. The summed E-state index contributed by atoms with van der Waals surface area (Å²) >= 11 is 5.44. The van der Waals surface area contributed by atoms with Gasteiger partial charge in [-0.2, -0.15) is 13.2 Å². The summed E-state index contributed by atoms with van der Waals surface area (Å²) < 4.78 is 37.5. The lowest BCUT2D eigenvalue weighted by Crippen LogP contribution is -2.10. The third-order valence-electron chi connectivity index (χ3n) is 1.91. The Morgan fingerprint density at radius 1 is 1.11 bits per heavy atom. The summed E-state index contributed by atoms with van der Waals surface area (Å²) in [6.45, 7) is 0. The molecule has 0 aliphatic heterocycles. The minimum absolute atomic E-state index is 0.0685. The third kappa shape index (κ3) is 3.07. The fraction of sp³-hybridized carbons (Fsp3) is 0.100. The number of anilines is 2. The van der Waals surface area contributed by atoms with Crippen LogP contribution in [0.5, 0.6) is 0 Å². The van der Waals surface area contributed by atoms with Crippen LogP contribution in [0.4, 0.5) is 24.8 Å². The first-order valence-corrected chi connectivity index (χ1v) is 5.13. The molecule has 8 heteroatoms. The maximum Gasteiger partial charge on any atom is 0.433 e. The number of hydrogen-bond donors (Lipinski definition) is 1. The smallest absolute Gasteiger partial charge is 0.325 e. The van der Waals surface area contributed by atoms with Crippen molar-refractivity contribution in [2.45, 2.75) is 6.18 Å². The van der Waals surface area contributed by atoms with E-state index in [1.165, 1.54) is 6.20 Å². The number of hydrogen-bond acceptors (Lipinski definition) is 4. The fourth-order valence-corrected chi connectivity index (χ4v) is 1.38. The van der Waals surface area contributed by atoms with E-state index in [0.717, 1.165) is 6.07 Å². The number of nitrogens with zero attached hydrogens (tertiary/aromatic N) is 3. The predicted octanol–water partition coefficient (Wildman–Crippen LogP) is 3.29. The van der Waals surface area contributed by atoms with E-state index in [0.29, 0.717) is 5.82 Å². The maximum absolute atomic E-state index is 12.5. The van der Waals surface area contributed by atoms with Gasteiger partial charge in [0.2, 0.25) is 5.28 Å². The number of alkyl halides is 3. The minimum atomic E-state index is -4.58. The molecular weight excluding hydrogens is 269 g/mol. The Bertz CT molecular complexity index is 545. The molecule has 2 rings (SSSR count). The Kier molecular flexibility index (Phi) is 3.33. The van der Waals surface area contributed by atoms with E-state index in [4.69, 9.17) is 11.6 Å². The van der Waals surface area contributed by atoms with E-state index >= 15 is 0 Å². The average molecular weight is 275 g/mol. The molecule has 0 aliphatic rings. The van der Waals surface area contributed by atoms with Gasteiger partial charge in [0, 0.05) is 12.3 Å². The lowest BCUT2D eigenvalue weighted by Gasteiger charge is -2.09. The molecule has 0 aliphatic carbocycles. The van der Waals surface area contributed by atoms with Crippen molar-refractivity contribution in [2.24, 2.45) is 0 Å². The zero-order valence-corrected chi connectivity index (χ0v) is 9.50. The summed E-state index contributed by atoms with van der Waals surface area (Å²) in [5.74, 6) is 0.293. The Morgan fingerprint density at radius 3 is 2.50 bits per heavy atom. The monoisotopic (exact) mass is 274 g/mol. The van der Waals surface area contributed by atoms with Crippen molar-refractivity contribution in [3.63, 3.8) is 0 Å². The summed E-state index contributed by atoms with van der Waals surface area (Å²) in [5.41, 5.74) is -1.11. The Balaban J connectivity index is 2.32. The van der Waals surface area contributed by atoms with Crippen LogP contribution in [0.3, 0.4) is 0 Å². The van der Waals surface area contributed by atoms with Crippen molar-refractivity contribution in [1.82, 2.24) is 15.0 Å². The second-order valence-electron chi connectivity index (χ2n) is 3.25. The van der Waals surface area contributed by atoms with Crippen LogP contribution >= 0.6 is 11.6 Å². The summed E-state index contributed by atoms with van der Waals surface area (Å²) in [4.78, 5) is 10.7. The molecule has 2 aromatic rings. The Morgan fingerprint density at radius 2 is 1.89 bits per heavy atom. The van der Waals surface area contributed by atoms with E-state index in [9.17, 15) is 13.2 Å².